The van der Waals surface area contributed by atoms with Crippen molar-refractivity contribution >= 4 is 11.7 Å². The van der Waals surface area contributed by atoms with Crippen molar-refractivity contribution in [3.05, 3.63) is 17.8 Å². The second-order valence-corrected chi connectivity index (χ2v) is 4.27. The van der Waals surface area contributed by atoms with Gasteiger partial charge in [-0.15, -0.1) is 10.2 Å². The molecule has 1 atom stereocenters. The molecule has 0 fully saturated rings. The minimum atomic E-state index is -0.208. The lowest BCUT2D eigenvalue weighted by atomic mass is 9.98. The van der Waals surface area contributed by atoms with Crippen LogP contribution in [0.25, 0.3) is 0 Å². The Morgan fingerprint density at radius 2 is 2.06 bits per heavy atom. The highest BCUT2D eigenvalue weighted by Crippen LogP contribution is 2.07. The third kappa shape index (κ3) is 3.49. The number of anilines is 1. The van der Waals surface area contributed by atoms with E-state index >= 15 is 0 Å². The molecule has 1 heterocycles. The Balaban J connectivity index is 2.50. The summed E-state index contributed by atoms with van der Waals surface area (Å²) in [6.45, 7) is 6.99. The second kappa shape index (κ2) is 5.44. The zero-order chi connectivity index (χ0) is 12.1. The molecule has 1 rings (SSSR count). The fraction of sp³-hybridized carbons (Fsp3) is 0.545. The molecule has 0 spiro atoms. The number of nitrogens with two attached hydrogens (primary N) is 1. The van der Waals surface area contributed by atoms with Gasteiger partial charge in [-0.05, 0) is 24.0 Å². The van der Waals surface area contributed by atoms with Crippen LogP contribution in [0.2, 0.25) is 0 Å². The van der Waals surface area contributed by atoms with Crippen LogP contribution >= 0.6 is 0 Å². The van der Waals surface area contributed by atoms with Crippen molar-refractivity contribution in [2.45, 2.75) is 20.8 Å². The van der Waals surface area contributed by atoms with E-state index < -0.39 is 0 Å². The first-order valence-corrected chi connectivity index (χ1v) is 5.38. The summed E-state index contributed by atoms with van der Waals surface area (Å²) in [6.07, 6.45) is 0. The van der Waals surface area contributed by atoms with E-state index in [9.17, 15) is 4.79 Å². The molecule has 0 aliphatic carbocycles. The van der Waals surface area contributed by atoms with Gasteiger partial charge in [-0.1, -0.05) is 20.8 Å². The Kier molecular flexibility index (Phi) is 4.22. The number of amides is 1. The Hall–Kier alpha value is -1.65. The van der Waals surface area contributed by atoms with Crippen LogP contribution in [0.4, 0.5) is 5.82 Å². The molecule has 3 N–H and O–H groups in total. The van der Waals surface area contributed by atoms with E-state index in [1.54, 1.807) is 12.1 Å². The van der Waals surface area contributed by atoms with E-state index in [4.69, 9.17) is 5.73 Å². The summed E-state index contributed by atoms with van der Waals surface area (Å²) in [6, 6.07) is 3.13. The van der Waals surface area contributed by atoms with Gasteiger partial charge in [-0.2, -0.15) is 0 Å². The fourth-order valence-electron chi connectivity index (χ4n) is 1.04. The molecule has 0 saturated heterocycles. The molecule has 0 radical (unpaired) electrons. The largest absolute Gasteiger partial charge is 0.382 e. The number of carbonyl (C=O) groups is 1. The lowest BCUT2D eigenvalue weighted by Gasteiger charge is -2.15. The quantitative estimate of drug-likeness (QED) is 0.798. The Morgan fingerprint density at radius 1 is 1.38 bits per heavy atom. The predicted molar refractivity (Wildman–Crippen MR) is 62.8 cm³/mol. The molecule has 0 saturated carbocycles. The van der Waals surface area contributed by atoms with Gasteiger partial charge in [0.05, 0.1) is 0 Å². The van der Waals surface area contributed by atoms with Crippen molar-refractivity contribution in [2.75, 3.05) is 12.3 Å². The van der Waals surface area contributed by atoms with Crippen molar-refractivity contribution < 1.29 is 4.79 Å². The molecule has 0 aromatic carbocycles. The summed E-state index contributed by atoms with van der Waals surface area (Å²) >= 11 is 0. The molecular formula is C11H18N4O. The zero-order valence-corrected chi connectivity index (χ0v) is 9.90. The summed E-state index contributed by atoms with van der Waals surface area (Å²) in [5.41, 5.74) is 5.68. The second-order valence-electron chi connectivity index (χ2n) is 4.27. The number of aromatic nitrogens is 2. The van der Waals surface area contributed by atoms with Crippen molar-refractivity contribution in [1.82, 2.24) is 15.5 Å². The molecule has 0 bridgehead atoms. The molecule has 5 heteroatoms. The normalized spacial score (nSPS) is 12.5. The highest BCUT2D eigenvalue weighted by Gasteiger charge is 2.11. The van der Waals surface area contributed by atoms with Gasteiger partial charge in [0.1, 0.15) is 5.82 Å². The number of rotatable bonds is 4. The maximum Gasteiger partial charge on any atom is 0.271 e. The minimum absolute atomic E-state index is 0.208. The summed E-state index contributed by atoms with van der Waals surface area (Å²) in [5, 5.41) is 10.2. The first kappa shape index (κ1) is 12.4. The van der Waals surface area contributed by atoms with E-state index in [-0.39, 0.29) is 5.91 Å². The van der Waals surface area contributed by atoms with Gasteiger partial charge in [-0.25, -0.2) is 0 Å². The zero-order valence-electron chi connectivity index (χ0n) is 9.90. The first-order valence-electron chi connectivity index (χ1n) is 5.38. The minimum Gasteiger partial charge on any atom is -0.382 e. The smallest absolute Gasteiger partial charge is 0.271 e. The van der Waals surface area contributed by atoms with Crippen LogP contribution in [0.15, 0.2) is 12.1 Å². The first-order chi connectivity index (χ1) is 7.50. The summed E-state index contributed by atoms with van der Waals surface area (Å²) in [7, 11) is 0. The molecule has 16 heavy (non-hydrogen) atoms. The third-order valence-corrected chi connectivity index (χ3v) is 2.64. The predicted octanol–water partition coefficient (Wildman–Crippen LogP) is 1.08. The van der Waals surface area contributed by atoms with E-state index in [1.165, 1.54) is 0 Å². The number of nitrogen functional groups attached to an aromatic ring is 1. The van der Waals surface area contributed by atoms with Crippen molar-refractivity contribution in [3.63, 3.8) is 0 Å². The lowest BCUT2D eigenvalue weighted by Crippen LogP contribution is -2.30. The molecule has 5 nitrogen and oxygen atoms in total. The van der Waals surface area contributed by atoms with E-state index in [2.05, 4.69) is 36.3 Å². The number of nitrogens with zero attached hydrogens (tertiary/aromatic N) is 2. The van der Waals surface area contributed by atoms with Crippen LogP contribution in [-0.4, -0.2) is 22.6 Å². The Bertz CT molecular complexity index is 348. The van der Waals surface area contributed by atoms with Gasteiger partial charge in [-0.3, -0.25) is 4.79 Å². The van der Waals surface area contributed by atoms with Crippen LogP contribution in [0, 0.1) is 11.8 Å². The molecule has 1 aromatic heterocycles. The van der Waals surface area contributed by atoms with E-state index in [1.807, 2.05) is 0 Å². The van der Waals surface area contributed by atoms with Gasteiger partial charge in [0.15, 0.2) is 5.69 Å². The van der Waals surface area contributed by atoms with Crippen molar-refractivity contribution in [1.29, 1.82) is 0 Å². The van der Waals surface area contributed by atoms with Crippen molar-refractivity contribution in [3.8, 4) is 0 Å². The molecule has 0 aliphatic rings. The summed E-state index contributed by atoms with van der Waals surface area (Å²) < 4.78 is 0. The average molecular weight is 222 g/mol. The van der Waals surface area contributed by atoms with Crippen molar-refractivity contribution in [2.24, 2.45) is 11.8 Å². The van der Waals surface area contributed by atoms with Crippen LogP contribution in [0.5, 0.6) is 0 Å². The van der Waals surface area contributed by atoms with E-state index in [0.29, 0.717) is 29.9 Å². The Labute approximate surface area is 95.4 Å². The topological polar surface area (TPSA) is 80.9 Å². The highest BCUT2D eigenvalue weighted by molar-refractivity contribution is 5.92. The van der Waals surface area contributed by atoms with Crippen LogP contribution in [0.3, 0.4) is 0 Å². The van der Waals surface area contributed by atoms with Gasteiger partial charge in [0.25, 0.3) is 5.91 Å². The monoisotopic (exact) mass is 222 g/mol. The number of nitrogens with one attached hydrogen (secondary N) is 1. The average Bonchev–Trinajstić information content (AvgIpc) is 2.26. The summed E-state index contributed by atoms with van der Waals surface area (Å²) in [5.74, 6) is 1.08. The molecule has 88 valence electrons. The fourth-order valence-corrected chi connectivity index (χ4v) is 1.04. The van der Waals surface area contributed by atoms with Gasteiger partial charge >= 0.3 is 0 Å². The van der Waals surface area contributed by atoms with E-state index in [0.717, 1.165) is 0 Å². The number of carbonyl (C=O) groups excluding carboxylic acids is 1. The SMILES string of the molecule is CC(C)C(C)CNC(=O)c1ccc(N)nn1. The van der Waals surface area contributed by atoms with Gasteiger partial charge in [0.2, 0.25) is 0 Å². The number of hydrogen-bond acceptors (Lipinski definition) is 4. The summed E-state index contributed by atoms with van der Waals surface area (Å²) in [4.78, 5) is 11.6. The maximum atomic E-state index is 11.6. The molecular weight excluding hydrogens is 204 g/mol. The molecule has 1 aromatic rings. The molecule has 1 unspecified atom stereocenters. The molecule has 1 amide bonds. The van der Waals surface area contributed by atoms with Crippen LogP contribution in [-0.2, 0) is 0 Å². The van der Waals surface area contributed by atoms with Gasteiger partial charge in [0, 0.05) is 6.54 Å². The maximum absolute atomic E-state index is 11.6. The Morgan fingerprint density at radius 3 is 2.56 bits per heavy atom. The lowest BCUT2D eigenvalue weighted by molar-refractivity contribution is 0.0939. The van der Waals surface area contributed by atoms with Gasteiger partial charge < -0.3 is 11.1 Å². The highest BCUT2D eigenvalue weighted by atomic mass is 16.1. The standard InChI is InChI=1S/C11H18N4O/c1-7(2)8(3)6-13-11(16)9-4-5-10(12)15-14-9/h4-5,7-8H,6H2,1-3H3,(H2,12,15)(H,13,16). The third-order valence-electron chi connectivity index (χ3n) is 2.64. The molecule has 0 aliphatic heterocycles. The van der Waals surface area contributed by atoms with Crippen LogP contribution in [0.1, 0.15) is 31.3 Å². The van der Waals surface area contributed by atoms with Crippen LogP contribution < -0.4 is 11.1 Å². The number of hydrogen-bond donors (Lipinski definition) is 2.